The van der Waals surface area contributed by atoms with Gasteiger partial charge in [0.2, 0.25) is 0 Å². The Bertz CT molecular complexity index is 514. The van der Waals surface area contributed by atoms with E-state index >= 15 is 0 Å². The van der Waals surface area contributed by atoms with Gasteiger partial charge in [0.25, 0.3) is 0 Å². The summed E-state index contributed by atoms with van der Waals surface area (Å²) in [4.78, 5) is 12.1. The summed E-state index contributed by atoms with van der Waals surface area (Å²) < 4.78 is 0. The summed E-state index contributed by atoms with van der Waals surface area (Å²) in [7, 11) is 0. The van der Waals surface area contributed by atoms with Crippen molar-refractivity contribution < 1.29 is 9.90 Å². The molecule has 4 rings (SSSR count). The van der Waals surface area contributed by atoms with Gasteiger partial charge in [0, 0.05) is 12.8 Å². The molecule has 0 aliphatic heterocycles. The lowest BCUT2D eigenvalue weighted by atomic mass is 9.41. The average molecular weight is 319 g/mol. The average Bonchev–Trinajstić information content (AvgIpc) is 2.76. The van der Waals surface area contributed by atoms with Crippen LogP contribution in [-0.4, -0.2) is 17.0 Å². The van der Waals surface area contributed by atoms with Crippen molar-refractivity contribution in [2.45, 2.75) is 78.7 Å². The SMILES string of the molecule is C[C@@H]1C[C@H]2CC(=O)CC[C@]2(C)C2C1C1CC[C@H](O)[C@@]1(C)C[C@@H]2C. The van der Waals surface area contributed by atoms with Gasteiger partial charge in [-0.2, -0.15) is 0 Å². The quantitative estimate of drug-likeness (QED) is 0.716. The summed E-state index contributed by atoms with van der Waals surface area (Å²) in [6.45, 7) is 9.77. The number of hydrogen-bond acceptors (Lipinski definition) is 2. The zero-order chi connectivity index (χ0) is 16.6. The number of Topliss-reactive ketones (excluding diaryl/α,β-unsaturated/α-hetero) is 1. The largest absolute Gasteiger partial charge is 0.393 e. The van der Waals surface area contributed by atoms with Gasteiger partial charge in [0.15, 0.2) is 0 Å². The van der Waals surface area contributed by atoms with Crippen molar-refractivity contribution in [1.29, 1.82) is 0 Å². The van der Waals surface area contributed by atoms with Gasteiger partial charge in [-0.25, -0.2) is 0 Å². The summed E-state index contributed by atoms with van der Waals surface area (Å²) in [5.41, 5.74) is 0.502. The molecule has 0 amide bonds. The van der Waals surface area contributed by atoms with Crippen molar-refractivity contribution in [1.82, 2.24) is 0 Å². The third-order valence-electron chi connectivity index (χ3n) is 9.04. The number of aliphatic hydroxyl groups excluding tert-OH is 1. The van der Waals surface area contributed by atoms with Crippen LogP contribution >= 0.6 is 0 Å². The van der Waals surface area contributed by atoms with E-state index in [2.05, 4.69) is 27.7 Å². The fourth-order valence-corrected chi connectivity index (χ4v) is 8.07. The molecule has 0 saturated heterocycles. The van der Waals surface area contributed by atoms with Crippen molar-refractivity contribution in [3.05, 3.63) is 0 Å². The third kappa shape index (κ3) is 2.06. The first-order valence-corrected chi connectivity index (χ1v) is 9.97. The number of carbonyl (C=O) groups excluding carboxylic acids is 1. The lowest BCUT2D eigenvalue weighted by Crippen LogP contribution is -2.59. The van der Waals surface area contributed by atoms with E-state index < -0.39 is 0 Å². The van der Waals surface area contributed by atoms with E-state index in [0.717, 1.165) is 37.5 Å². The van der Waals surface area contributed by atoms with Gasteiger partial charge < -0.3 is 5.11 Å². The van der Waals surface area contributed by atoms with Crippen LogP contribution < -0.4 is 0 Å². The first-order valence-electron chi connectivity index (χ1n) is 9.97. The first-order chi connectivity index (χ1) is 10.8. The van der Waals surface area contributed by atoms with Gasteiger partial charge in [0.05, 0.1) is 6.10 Å². The highest BCUT2D eigenvalue weighted by Crippen LogP contribution is 2.68. The molecule has 0 heterocycles. The Labute approximate surface area is 141 Å². The van der Waals surface area contributed by atoms with Crippen LogP contribution in [0.25, 0.3) is 0 Å². The fourth-order valence-electron chi connectivity index (χ4n) is 8.07. The summed E-state index contributed by atoms with van der Waals surface area (Å²) in [6, 6.07) is 0. The van der Waals surface area contributed by atoms with Crippen molar-refractivity contribution in [2.75, 3.05) is 0 Å². The Hall–Kier alpha value is -0.370. The van der Waals surface area contributed by atoms with Crippen molar-refractivity contribution >= 4 is 5.78 Å². The maximum Gasteiger partial charge on any atom is 0.133 e. The Kier molecular flexibility index (Phi) is 3.55. The molecule has 9 atom stereocenters. The van der Waals surface area contributed by atoms with E-state index in [9.17, 15) is 9.90 Å². The maximum absolute atomic E-state index is 12.1. The van der Waals surface area contributed by atoms with Crippen LogP contribution in [0.2, 0.25) is 0 Å². The lowest BCUT2D eigenvalue weighted by Gasteiger charge is -2.64. The molecule has 4 aliphatic rings. The maximum atomic E-state index is 12.1. The molecule has 0 aromatic heterocycles. The van der Waals surface area contributed by atoms with Crippen LogP contribution in [0, 0.1) is 46.3 Å². The minimum absolute atomic E-state index is 0.0958. The van der Waals surface area contributed by atoms with Gasteiger partial charge in [-0.15, -0.1) is 0 Å². The molecule has 130 valence electrons. The monoisotopic (exact) mass is 318 g/mol. The Balaban J connectivity index is 1.74. The molecule has 4 fully saturated rings. The number of aliphatic hydroxyl groups is 1. The number of carbonyl (C=O) groups is 1. The van der Waals surface area contributed by atoms with E-state index in [1.807, 2.05) is 0 Å². The van der Waals surface area contributed by atoms with Crippen LogP contribution in [0.5, 0.6) is 0 Å². The molecule has 3 unspecified atom stereocenters. The van der Waals surface area contributed by atoms with Gasteiger partial charge in [0.1, 0.15) is 5.78 Å². The Morgan fingerprint density at radius 1 is 1.09 bits per heavy atom. The van der Waals surface area contributed by atoms with Gasteiger partial charge in [-0.05, 0) is 78.4 Å². The second-order valence-corrected chi connectivity index (χ2v) is 10.1. The normalized spacial score (nSPS) is 59.2. The highest BCUT2D eigenvalue weighted by molar-refractivity contribution is 5.79. The standard InChI is InChI=1S/C21H34O2/c1-12-9-14-10-15(22)7-8-20(14,3)19-13(2)11-21(4)16(18(12)19)5-6-17(21)23/h12-14,16-19,23H,5-11H2,1-4H3/t12-,13+,14+,16?,17+,18?,19?,20+,21+/m1/s1. The van der Waals surface area contributed by atoms with Crippen molar-refractivity contribution in [2.24, 2.45) is 46.3 Å². The molecule has 0 spiro atoms. The number of fused-ring (bicyclic) bond motifs is 5. The van der Waals surface area contributed by atoms with Crippen LogP contribution in [-0.2, 0) is 4.79 Å². The molecule has 2 heteroatoms. The van der Waals surface area contributed by atoms with Gasteiger partial charge >= 0.3 is 0 Å². The zero-order valence-electron chi connectivity index (χ0n) is 15.3. The van der Waals surface area contributed by atoms with E-state index in [4.69, 9.17) is 0 Å². The smallest absolute Gasteiger partial charge is 0.133 e. The summed E-state index contributed by atoms with van der Waals surface area (Å²) in [6.07, 6.45) is 7.30. The van der Waals surface area contributed by atoms with E-state index in [1.54, 1.807) is 0 Å². The molecule has 4 aliphatic carbocycles. The predicted octanol–water partition coefficient (Wildman–Crippen LogP) is 4.45. The highest BCUT2D eigenvalue weighted by Gasteiger charge is 2.63. The molecule has 23 heavy (non-hydrogen) atoms. The van der Waals surface area contributed by atoms with Crippen LogP contribution in [0.3, 0.4) is 0 Å². The summed E-state index contributed by atoms with van der Waals surface area (Å²) >= 11 is 0. The van der Waals surface area contributed by atoms with Crippen LogP contribution in [0.1, 0.15) is 72.6 Å². The highest BCUT2D eigenvalue weighted by atomic mass is 16.3. The minimum Gasteiger partial charge on any atom is -0.393 e. The molecule has 1 N–H and O–H groups in total. The molecule has 0 aromatic rings. The second-order valence-electron chi connectivity index (χ2n) is 10.1. The van der Waals surface area contributed by atoms with E-state index in [-0.39, 0.29) is 11.5 Å². The van der Waals surface area contributed by atoms with E-state index in [1.165, 1.54) is 19.3 Å². The molecular formula is C21H34O2. The van der Waals surface area contributed by atoms with Gasteiger partial charge in [-0.3, -0.25) is 4.79 Å². The van der Waals surface area contributed by atoms with Crippen LogP contribution in [0.15, 0.2) is 0 Å². The number of rotatable bonds is 0. The van der Waals surface area contributed by atoms with Crippen molar-refractivity contribution in [3.8, 4) is 0 Å². The molecule has 0 aromatic carbocycles. The molecular weight excluding hydrogens is 284 g/mol. The van der Waals surface area contributed by atoms with Gasteiger partial charge in [-0.1, -0.05) is 27.7 Å². The fraction of sp³-hybridized carbons (Fsp3) is 0.952. The van der Waals surface area contributed by atoms with E-state index in [0.29, 0.717) is 34.9 Å². The van der Waals surface area contributed by atoms with Crippen LogP contribution in [0.4, 0.5) is 0 Å². The lowest BCUT2D eigenvalue weighted by molar-refractivity contribution is -0.170. The number of hydrogen-bond donors (Lipinski definition) is 1. The van der Waals surface area contributed by atoms with Crippen molar-refractivity contribution in [3.63, 3.8) is 0 Å². The second kappa shape index (κ2) is 5.07. The first kappa shape index (κ1) is 16.1. The minimum atomic E-state index is -0.0958. The summed E-state index contributed by atoms with van der Waals surface area (Å²) in [5.74, 6) is 4.71. The molecule has 2 nitrogen and oxygen atoms in total. The molecule has 4 saturated carbocycles. The summed E-state index contributed by atoms with van der Waals surface area (Å²) in [5, 5.41) is 10.7. The Morgan fingerprint density at radius 3 is 2.57 bits per heavy atom. The molecule has 0 radical (unpaired) electrons. The zero-order valence-corrected chi connectivity index (χ0v) is 15.3. The number of ketones is 1. The predicted molar refractivity (Wildman–Crippen MR) is 91.8 cm³/mol. The third-order valence-corrected chi connectivity index (χ3v) is 9.04. The Morgan fingerprint density at radius 2 is 1.83 bits per heavy atom. The molecule has 0 bridgehead atoms. The topological polar surface area (TPSA) is 37.3 Å².